The van der Waals surface area contributed by atoms with E-state index < -0.39 is 21.5 Å². The van der Waals surface area contributed by atoms with E-state index in [4.69, 9.17) is 10.5 Å². The zero-order valence-electron chi connectivity index (χ0n) is 9.47. The Balaban J connectivity index is 2.44. The predicted octanol–water partition coefficient (Wildman–Crippen LogP) is -1.35. The van der Waals surface area contributed by atoms with Gasteiger partial charge in [0.15, 0.2) is 9.84 Å². The maximum Gasteiger partial charge on any atom is 0.235 e. The van der Waals surface area contributed by atoms with Crippen molar-refractivity contribution in [2.45, 2.75) is 31.5 Å². The quantitative estimate of drug-likeness (QED) is 0.628. The van der Waals surface area contributed by atoms with Gasteiger partial charge in [-0.1, -0.05) is 0 Å². The molecule has 0 aromatic heterocycles. The molecule has 0 aromatic rings. The summed E-state index contributed by atoms with van der Waals surface area (Å²) in [5.74, 6) is -1.03. The Morgan fingerprint density at radius 3 is 2.62 bits per heavy atom. The smallest absolute Gasteiger partial charge is 0.235 e. The predicted molar refractivity (Wildman–Crippen MR) is 59.6 cm³/mol. The molecule has 0 radical (unpaired) electrons. The SMILES string of the molecule is CCOC1CC(N)C1NC(=O)CS(C)(=O)=O. The monoisotopic (exact) mass is 250 g/mol. The minimum atomic E-state index is -3.29. The molecule has 6 nitrogen and oxygen atoms in total. The first-order valence-electron chi connectivity index (χ1n) is 5.17. The zero-order chi connectivity index (χ0) is 12.3. The molecule has 3 N–H and O–H groups in total. The van der Waals surface area contributed by atoms with Crippen molar-refractivity contribution in [2.24, 2.45) is 5.73 Å². The molecular formula is C9H18N2O4S. The molecule has 0 aromatic carbocycles. The Morgan fingerprint density at radius 2 is 2.19 bits per heavy atom. The van der Waals surface area contributed by atoms with Gasteiger partial charge in [0.25, 0.3) is 0 Å². The first kappa shape index (κ1) is 13.4. The van der Waals surface area contributed by atoms with Gasteiger partial charge in [-0.05, 0) is 13.3 Å². The van der Waals surface area contributed by atoms with E-state index in [0.717, 1.165) is 6.26 Å². The van der Waals surface area contributed by atoms with E-state index in [2.05, 4.69) is 5.32 Å². The summed E-state index contributed by atoms with van der Waals surface area (Å²) in [5, 5.41) is 2.59. The van der Waals surface area contributed by atoms with E-state index in [0.29, 0.717) is 13.0 Å². The van der Waals surface area contributed by atoms with Crippen molar-refractivity contribution in [1.29, 1.82) is 0 Å². The van der Waals surface area contributed by atoms with Gasteiger partial charge in [-0.2, -0.15) is 0 Å². The number of nitrogens with one attached hydrogen (secondary N) is 1. The molecular weight excluding hydrogens is 232 g/mol. The largest absolute Gasteiger partial charge is 0.376 e. The van der Waals surface area contributed by atoms with Crippen LogP contribution >= 0.6 is 0 Å². The Bertz CT molecular complexity index is 353. The van der Waals surface area contributed by atoms with Gasteiger partial charge in [0, 0.05) is 18.9 Å². The van der Waals surface area contributed by atoms with Crippen LogP contribution < -0.4 is 11.1 Å². The van der Waals surface area contributed by atoms with Crippen molar-refractivity contribution in [3.63, 3.8) is 0 Å². The molecule has 0 heterocycles. The standard InChI is InChI=1S/C9H18N2O4S/c1-3-15-7-4-6(10)9(7)11-8(12)5-16(2,13)14/h6-7,9H,3-5,10H2,1-2H3,(H,11,12). The van der Waals surface area contributed by atoms with Crippen molar-refractivity contribution in [3.05, 3.63) is 0 Å². The Hall–Kier alpha value is -0.660. The first-order valence-corrected chi connectivity index (χ1v) is 7.24. The molecule has 1 aliphatic rings. The third-order valence-electron chi connectivity index (χ3n) is 2.47. The van der Waals surface area contributed by atoms with E-state index in [9.17, 15) is 13.2 Å². The average Bonchev–Trinajstić information content (AvgIpc) is 2.11. The van der Waals surface area contributed by atoms with Crippen LogP contribution in [-0.2, 0) is 19.4 Å². The minimum absolute atomic E-state index is 0.0940. The van der Waals surface area contributed by atoms with E-state index in [1.165, 1.54) is 0 Å². The van der Waals surface area contributed by atoms with Crippen LogP contribution in [0.4, 0.5) is 0 Å². The number of rotatable bonds is 5. The van der Waals surface area contributed by atoms with Crippen LogP contribution in [0.2, 0.25) is 0 Å². The second-order valence-electron chi connectivity index (χ2n) is 4.06. The van der Waals surface area contributed by atoms with Crippen LogP contribution in [-0.4, -0.2) is 51.1 Å². The molecule has 16 heavy (non-hydrogen) atoms. The molecule has 0 saturated heterocycles. The van der Waals surface area contributed by atoms with Gasteiger partial charge in [0.2, 0.25) is 5.91 Å². The Morgan fingerprint density at radius 1 is 1.56 bits per heavy atom. The molecule has 3 atom stereocenters. The highest BCUT2D eigenvalue weighted by Crippen LogP contribution is 2.22. The van der Waals surface area contributed by atoms with Crippen LogP contribution in [0, 0.1) is 0 Å². The summed E-state index contributed by atoms with van der Waals surface area (Å²) in [5.41, 5.74) is 5.71. The number of carbonyl (C=O) groups is 1. The summed E-state index contributed by atoms with van der Waals surface area (Å²) >= 11 is 0. The second kappa shape index (κ2) is 5.11. The fraction of sp³-hybridized carbons (Fsp3) is 0.889. The third-order valence-corrected chi connectivity index (χ3v) is 3.25. The maximum absolute atomic E-state index is 11.4. The number of nitrogens with two attached hydrogens (primary N) is 1. The summed E-state index contributed by atoms with van der Waals surface area (Å²) in [6.07, 6.45) is 1.62. The van der Waals surface area contributed by atoms with Crippen molar-refractivity contribution >= 4 is 15.7 Å². The highest BCUT2D eigenvalue weighted by atomic mass is 32.2. The van der Waals surface area contributed by atoms with Crippen LogP contribution in [0.5, 0.6) is 0 Å². The number of hydrogen-bond acceptors (Lipinski definition) is 5. The Labute approximate surface area is 95.4 Å². The van der Waals surface area contributed by atoms with Crippen molar-refractivity contribution < 1.29 is 17.9 Å². The lowest BCUT2D eigenvalue weighted by Crippen LogP contribution is -2.65. The number of amides is 1. The van der Waals surface area contributed by atoms with Crippen LogP contribution in [0.3, 0.4) is 0 Å². The lowest BCUT2D eigenvalue weighted by molar-refractivity contribution is -0.123. The van der Waals surface area contributed by atoms with Crippen LogP contribution in [0.25, 0.3) is 0 Å². The summed E-state index contributed by atoms with van der Waals surface area (Å²) in [6, 6.07) is -0.422. The van der Waals surface area contributed by atoms with Crippen molar-refractivity contribution in [3.8, 4) is 0 Å². The van der Waals surface area contributed by atoms with Crippen LogP contribution in [0.1, 0.15) is 13.3 Å². The Kier molecular flexibility index (Phi) is 4.28. The lowest BCUT2D eigenvalue weighted by atomic mass is 9.83. The fourth-order valence-electron chi connectivity index (χ4n) is 1.69. The molecule has 1 amide bonds. The first-order chi connectivity index (χ1) is 7.33. The molecule has 7 heteroatoms. The van der Waals surface area contributed by atoms with Gasteiger partial charge in [-0.15, -0.1) is 0 Å². The summed E-state index contributed by atoms with van der Waals surface area (Å²) in [7, 11) is -3.29. The van der Waals surface area contributed by atoms with E-state index in [1.54, 1.807) is 0 Å². The number of hydrogen-bond donors (Lipinski definition) is 2. The molecule has 1 rings (SSSR count). The van der Waals surface area contributed by atoms with Crippen LogP contribution in [0.15, 0.2) is 0 Å². The fourth-order valence-corrected chi connectivity index (χ4v) is 2.25. The van der Waals surface area contributed by atoms with Gasteiger partial charge in [0.05, 0.1) is 12.1 Å². The van der Waals surface area contributed by atoms with E-state index >= 15 is 0 Å². The number of carbonyl (C=O) groups excluding carboxylic acids is 1. The summed E-state index contributed by atoms with van der Waals surface area (Å²) < 4.78 is 27.1. The van der Waals surface area contributed by atoms with Gasteiger partial charge < -0.3 is 15.8 Å². The van der Waals surface area contributed by atoms with Gasteiger partial charge in [-0.3, -0.25) is 4.79 Å². The minimum Gasteiger partial charge on any atom is -0.376 e. The third kappa shape index (κ3) is 3.73. The maximum atomic E-state index is 11.4. The van der Waals surface area contributed by atoms with Crippen molar-refractivity contribution in [2.75, 3.05) is 18.6 Å². The lowest BCUT2D eigenvalue weighted by Gasteiger charge is -2.42. The normalized spacial score (nSPS) is 29.6. The van der Waals surface area contributed by atoms with E-state index in [1.807, 2.05) is 6.92 Å². The summed E-state index contributed by atoms with van der Waals surface area (Å²) in [6.45, 7) is 2.41. The zero-order valence-corrected chi connectivity index (χ0v) is 10.3. The number of ether oxygens (including phenoxy) is 1. The van der Waals surface area contributed by atoms with Gasteiger partial charge in [-0.25, -0.2) is 8.42 Å². The van der Waals surface area contributed by atoms with Crippen molar-refractivity contribution in [1.82, 2.24) is 5.32 Å². The second-order valence-corrected chi connectivity index (χ2v) is 6.20. The van der Waals surface area contributed by atoms with E-state index in [-0.39, 0.29) is 18.2 Å². The highest BCUT2D eigenvalue weighted by molar-refractivity contribution is 7.91. The van der Waals surface area contributed by atoms with Gasteiger partial charge in [0.1, 0.15) is 5.75 Å². The molecule has 0 aliphatic heterocycles. The number of sulfone groups is 1. The summed E-state index contributed by atoms with van der Waals surface area (Å²) in [4.78, 5) is 11.4. The molecule has 0 bridgehead atoms. The molecule has 1 saturated carbocycles. The average molecular weight is 250 g/mol. The molecule has 0 spiro atoms. The highest BCUT2D eigenvalue weighted by Gasteiger charge is 2.40. The molecule has 1 aliphatic carbocycles. The molecule has 3 unspecified atom stereocenters. The topological polar surface area (TPSA) is 98.5 Å². The molecule has 1 fully saturated rings. The van der Waals surface area contributed by atoms with Gasteiger partial charge >= 0.3 is 0 Å². The molecule has 94 valence electrons.